The highest BCUT2D eigenvalue weighted by Crippen LogP contribution is 2.34. The SMILES string of the molecule is CCCc1c2c(c(C)c3c(=O)cc(C(=O)O)oc13)CCCC2. The lowest BCUT2D eigenvalue weighted by Gasteiger charge is -2.23. The molecular formula is C18H20O4. The molecule has 3 rings (SSSR count). The normalized spacial score (nSPS) is 14.1. The van der Waals surface area contributed by atoms with Gasteiger partial charge in [-0.15, -0.1) is 0 Å². The van der Waals surface area contributed by atoms with Crippen LogP contribution in [-0.2, 0) is 19.3 Å². The van der Waals surface area contributed by atoms with E-state index in [-0.39, 0.29) is 11.2 Å². The summed E-state index contributed by atoms with van der Waals surface area (Å²) in [6, 6.07) is 1.10. The monoisotopic (exact) mass is 300 g/mol. The van der Waals surface area contributed by atoms with Crippen LogP contribution in [0.25, 0.3) is 11.0 Å². The van der Waals surface area contributed by atoms with Crippen LogP contribution in [0.5, 0.6) is 0 Å². The second-order valence-corrected chi connectivity index (χ2v) is 6.00. The van der Waals surface area contributed by atoms with Crippen LogP contribution < -0.4 is 5.43 Å². The molecule has 0 unspecified atom stereocenters. The Bertz CT molecular complexity index is 814. The number of benzene rings is 1. The molecule has 1 heterocycles. The van der Waals surface area contributed by atoms with Crippen LogP contribution in [0.1, 0.15) is 59.0 Å². The van der Waals surface area contributed by atoms with Crippen molar-refractivity contribution in [1.82, 2.24) is 0 Å². The van der Waals surface area contributed by atoms with E-state index in [9.17, 15) is 9.59 Å². The van der Waals surface area contributed by atoms with E-state index in [4.69, 9.17) is 9.52 Å². The molecule has 0 aliphatic heterocycles. The molecule has 4 nitrogen and oxygen atoms in total. The summed E-state index contributed by atoms with van der Waals surface area (Å²) < 4.78 is 5.64. The van der Waals surface area contributed by atoms with Crippen molar-refractivity contribution in [3.8, 4) is 0 Å². The van der Waals surface area contributed by atoms with Crippen molar-refractivity contribution in [3.63, 3.8) is 0 Å². The molecule has 1 N–H and O–H groups in total. The molecule has 0 atom stereocenters. The fraction of sp³-hybridized carbons (Fsp3) is 0.444. The molecule has 1 aliphatic carbocycles. The highest BCUT2D eigenvalue weighted by Gasteiger charge is 2.23. The van der Waals surface area contributed by atoms with Crippen molar-refractivity contribution < 1.29 is 14.3 Å². The smallest absolute Gasteiger partial charge is 0.371 e. The number of carbonyl (C=O) groups is 1. The lowest BCUT2D eigenvalue weighted by atomic mass is 9.82. The van der Waals surface area contributed by atoms with E-state index in [0.717, 1.165) is 55.7 Å². The summed E-state index contributed by atoms with van der Waals surface area (Å²) >= 11 is 0. The first-order valence-electron chi connectivity index (χ1n) is 7.89. The summed E-state index contributed by atoms with van der Waals surface area (Å²) in [5.74, 6) is -1.47. The highest BCUT2D eigenvalue weighted by atomic mass is 16.4. The largest absolute Gasteiger partial charge is 0.475 e. The van der Waals surface area contributed by atoms with E-state index >= 15 is 0 Å². The molecule has 0 bridgehead atoms. The zero-order valence-corrected chi connectivity index (χ0v) is 13.0. The minimum Gasteiger partial charge on any atom is -0.475 e. The van der Waals surface area contributed by atoms with E-state index in [1.165, 1.54) is 11.1 Å². The molecule has 22 heavy (non-hydrogen) atoms. The third kappa shape index (κ3) is 2.23. The van der Waals surface area contributed by atoms with Crippen LogP contribution in [0.3, 0.4) is 0 Å². The van der Waals surface area contributed by atoms with E-state index in [1.807, 2.05) is 6.92 Å². The van der Waals surface area contributed by atoms with Crippen LogP contribution in [-0.4, -0.2) is 11.1 Å². The molecule has 0 radical (unpaired) electrons. The Morgan fingerprint density at radius 3 is 2.59 bits per heavy atom. The van der Waals surface area contributed by atoms with Gasteiger partial charge in [0.2, 0.25) is 5.76 Å². The fourth-order valence-electron chi connectivity index (χ4n) is 3.62. The van der Waals surface area contributed by atoms with Crippen LogP contribution in [0.15, 0.2) is 15.3 Å². The summed E-state index contributed by atoms with van der Waals surface area (Å²) in [7, 11) is 0. The first kappa shape index (κ1) is 14.8. The molecule has 2 aromatic rings. The van der Waals surface area contributed by atoms with Crippen molar-refractivity contribution in [1.29, 1.82) is 0 Å². The maximum atomic E-state index is 12.4. The zero-order chi connectivity index (χ0) is 15.9. The van der Waals surface area contributed by atoms with Crippen molar-refractivity contribution in [2.75, 3.05) is 0 Å². The molecule has 1 aromatic heterocycles. The predicted molar refractivity (Wildman–Crippen MR) is 84.8 cm³/mol. The number of hydrogen-bond acceptors (Lipinski definition) is 3. The van der Waals surface area contributed by atoms with Gasteiger partial charge in [0.25, 0.3) is 0 Å². The standard InChI is InChI=1S/C18H20O4/c1-3-6-13-12-8-5-4-7-11(12)10(2)16-14(19)9-15(18(20)21)22-17(13)16/h9H,3-8H2,1-2H3,(H,20,21). The van der Waals surface area contributed by atoms with Crippen molar-refractivity contribution in [2.45, 2.75) is 52.4 Å². The zero-order valence-electron chi connectivity index (χ0n) is 13.0. The Morgan fingerprint density at radius 2 is 1.95 bits per heavy atom. The lowest BCUT2D eigenvalue weighted by Crippen LogP contribution is -2.15. The lowest BCUT2D eigenvalue weighted by molar-refractivity contribution is 0.0663. The van der Waals surface area contributed by atoms with Gasteiger partial charge in [-0.2, -0.15) is 0 Å². The molecule has 1 aromatic carbocycles. The van der Waals surface area contributed by atoms with Crippen molar-refractivity contribution in [2.24, 2.45) is 0 Å². The van der Waals surface area contributed by atoms with Crippen LogP contribution in [0.2, 0.25) is 0 Å². The molecule has 0 spiro atoms. The first-order valence-corrected chi connectivity index (χ1v) is 7.89. The van der Waals surface area contributed by atoms with Crippen molar-refractivity contribution in [3.05, 3.63) is 44.3 Å². The number of rotatable bonds is 3. The summed E-state index contributed by atoms with van der Waals surface area (Å²) in [6.45, 7) is 4.04. The summed E-state index contributed by atoms with van der Waals surface area (Å²) in [5, 5.41) is 9.73. The topological polar surface area (TPSA) is 67.5 Å². The minimum absolute atomic E-state index is 0.248. The van der Waals surface area contributed by atoms with Gasteiger partial charge in [-0.1, -0.05) is 13.3 Å². The second kappa shape index (κ2) is 5.59. The third-order valence-corrected chi connectivity index (χ3v) is 4.59. The van der Waals surface area contributed by atoms with Gasteiger partial charge in [-0.05, 0) is 61.3 Å². The molecular weight excluding hydrogens is 280 g/mol. The van der Waals surface area contributed by atoms with Gasteiger partial charge in [0, 0.05) is 6.07 Å². The van der Waals surface area contributed by atoms with Crippen LogP contribution in [0, 0.1) is 6.92 Å². The highest BCUT2D eigenvalue weighted by molar-refractivity contribution is 5.91. The van der Waals surface area contributed by atoms with Gasteiger partial charge < -0.3 is 9.52 Å². The Morgan fingerprint density at radius 1 is 1.27 bits per heavy atom. The molecule has 4 heteroatoms. The van der Waals surface area contributed by atoms with E-state index < -0.39 is 5.97 Å². The first-order chi connectivity index (χ1) is 10.5. The van der Waals surface area contributed by atoms with Gasteiger partial charge in [0.1, 0.15) is 5.58 Å². The van der Waals surface area contributed by atoms with E-state index in [0.29, 0.717) is 11.0 Å². The van der Waals surface area contributed by atoms with Gasteiger partial charge >= 0.3 is 5.97 Å². The Labute approximate surface area is 128 Å². The number of carboxylic acids is 1. The molecule has 0 fully saturated rings. The Balaban J connectivity index is 2.46. The summed E-state index contributed by atoms with van der Waals surface area (Å²) in [6.07, 6.45) is 6.01. The van der Waals surface area contributed by atoms with Crippen LogP contribution in [0.4, 0.5) is 0 Å². The summed E-state index contributed by atoms with van der Waals surface area (Å²) in [5.41, 5.74) is 4.81. The van der Waals surface area contributed by atoms with E-state index in [2.05, 4.69) is 6.92 Å². The second-order valence-electron chi connectivity index (χ2n) is 6.00. The third-order valence-electron chi connectivity index (χ3n) is 4.59. The predicted octanol–water partition coefficient (Wildman–Crippen LogP) is 3.63. The molecule has 1 aliphatic rings. The van der Waals surface area contributed by atoms with Gasteiger partial charge in [0.15, 0.2) is 5.43 Å². The number of hydrogen-bond donors (Lipinski definition) is 1. The van der Waals surface area contributed by atoms with Gasteiger partial charge in [-0.25, -0.2) is 4.79 Å². The molecule has 0 saturated carbocycles. The summed E-state index contributed by atoms with van der Waals surface area (Å²) in [4.78, 5) is 23.7. The quantitative estimate of drug-likeness (QED) is 0.940. The number of aryl methyl sites for hydroxylation is 2. The Kier molecular flexibility index (Phi) is 3.77. The van der Waals surface area contributed by atoms with Crippen molar-refractivity contribution >= 4 is 16.9 Å². The maximum Gasteiger partial charge on any atom is 0.371 e. The fourth-order valence-corrected chi connectivity index (χ4v) is 3.62. The van der Waals surface area contributed by atoms with E-state index in [1.54, 1.807) is 0 Å². The molecule has 116 valence electrons. The minimum atomic E-state index is -1.20. The average molecular weight is 300 g/mol. The average Bonchev–Trinajstić information content (AvgIpc) is 2.50. The molecule has 0 amide bonds. The number of fused-ring (bicyclic) bond motifs is 2. The number of aromatic carboxylic acids is 1. The molecule has 0 saturated heterocycles. The maximum absolute atomic E-state index is 12.4. The van der Waals surface area contributed by atoms with Crippen LogP contribution >= 0.6 is 0 Å². The Hall–Kier alpha value is -2.10. The van der Waals surface area contributed by atoms with Gasteiger partial charge in [-0.3, -0.25) is 4.79 Å². The van der Waals surface area contributed by atoms with Gasteiger partial charge in [0.05, 0.1) is 5.39 Å². The number of carboxylic acid groups (broad SMARTS) is 1.